The van der Waals surface area contributed by atoms with Gasteiger partial charge in [-0.3, -0.25) is 0 Å². The van der Waals surface area contributed by atoms with Crippen LogP contribution in [0.25, 0.3) is 0 Å². The largest absolute Gasteiger partial charge is 0.325 e. The zero-order valence-corrected chi connectivity index (χ0v) is 5.70. The minimum atomic E-state index is 0.493. The van der Waals surface area contributed by atoms with Crippen LogP contribution >= 0.6 is 0 Å². The molecule has 0 atom stereocenters. The number of hydrogen-bond donors (Lipinski definition) is 1. The highest BCUT2D eigenvalue weighted by Gasteiger charge is 2.24. The highest BCUT2D eigenvalue weighted by molar-refractivity contribution is 4.94. The number of aromatic nitrogens is 3. The van der Waals surface area contributed by atoms with Gasteiger partial charge >= 0.3 is 0 Å². The summed E-state index contributed by atoms with van der Waals surface area (Å²) in [4.78, 5) is 0. The van der Waals surface area contributed by atoms with Crippen LogP contribution < -0.4 is 5.73 Å². The standard InChI is InChI=1S/C6H10N4/c7-3-5-4-10(9-8-5)6-1-2-6/h4,6H,1-3,7H2. The lowest BCUT2D eigenvalue weighted by Crippen LogP contribution is -1.95. The molecule has 2 rings (SSSR count). The highest BCUT2D eigenvalue weighted by Crippen LogP contribution is 2.33. The van der Waals surface area contributed by atoms with Crippen molar-refractivity contribution in [2.75, 3.05) is 0 Å². The molecule has 0 saturated heterocycles. The number of nitrogens with zero attached hydrogens (tertiary/aromatic N) is 3. The first kappa shape index (κ1) is 5.85. The average Bonchev–Trinajstić information content (AvgIpc) is 2.70. The van der Waals surface area contributed by atoms with E-state index in [1.165, 1.54) is 12.8 Å². The molecule has 0 spiro atoms. The molecule has 0 amide bonds. The van der Waals surface area contributed by atoms with Crippen molar-refractivity contribution in [2.24, 2.45) is 5.73 Å². The summed E-state index contributed by atoms with van der Waals surface area (Å²) in [6.07, 6.45) is 4.42. The Balaban J connectivity index is 2.19. The fraction of sp³-hybridized carbons (Fsp3) is 0.667. The predicted octanol–water partition coefficient (Wildman–Crippen LogP) is 0.0717. The molecule has 0 aliphatic heterocycles. The van der Waals surface area contributed by atoms with E-state index in [0.29, 0.717) is 12.6 Å². The molecule has 1 aromatic rings. The van der Waals surface area contributed by atoms with E-state index in [2.05, 4.69) is 10.3 Å². The fourth-order valence-electron chi connectivity index (χ4n) is 0.924. The fourth-order valence-corrected chi connectivity index (χ4v) is 0.924. The molecule has 4 heteroatoms. The van der Waals surface area contributed by atoms with Gasteiger partial charge in [0.15, 0.2) is 0 Å². The third-order valence-corrected chi connectivity index (χ3v) is 1.69. The Kier molecular flexibility index (Phi) is 1.20. The summed E-state index contributed by atoms with van der Waals surface area (Å²) in [5.74, 6) is 0. The summed E-state index contributed by atoms with van der Waals surface area (Å²) >= 11 is 0. The van der Waals surface area contributed by atoms with E-state index >= 15 is 0 Å². The summed E-state index contributed by atoms with van der Waals surface area (Å²) in [7, 11) is 0. The van der Waals surface area contributed by atoms with Crippen LogP contribution in [0.3, 0.4) is 0 Å². The first-order valence-electron chi connectivity index (χ1n) is 3.51. The molecule has 0 aromatic carbocycles. The molecule has 10 heavy (non-hydrogen) atoms. The van der Waals surface area contributed by atoms with Gasteiger partial charge in [-0.15, -0.1) is 5.10 Å². The van der Waals surface area contributed by atoms with Crippen molar-refractivity contribution in [3.63, 3.8) is 0 Å². The van der Waals surface area contributed by atoms with E-state index in [0.717, 1.165) is 5.69 Å². The Hall–Kier alpha value is -0.900. The first-order chi connectivity index (χ1) is 4.90. The third kappa shape index (κ3) is 0.903. The minimum Gasteiger partial charge on any atom is -0.325 e. The number of nitrogens with two attached hydrogens (primary N) is 1. The molecular weight excluding hydrogens is 128 g/mol. The van der Waals surface area contributed by atoms with Gasteiger partial charge in [0.05, 0.1) is 17.9 Å². The van der Waals surface area contributed by atoms with E-state index in [1.807, 2.05) is 10.9 Å². The quantitative estimate of drug-likeness (QED) is 0.629. The van der Waals surface area contributed by atoms with Gasteiger partial charge in [-0.1, -0.05) is 5.21 Å². The van der Waals surface area contributed by atoms with Crippen molar-refractivity contribution in [3.05, 3.63) is 11.9 Å². The Morgan fingerprint density at radius 2 is 2.50 bits per heavy atom. The molecular formula is C6H10N4. The van der Waals surface area contributed by atoms with E-state index in [4.69, 9.17) is 5.73 Å². The topological polar surface area (TPSA) is 56.7 Å². The van der Waals surface area contributed by atoms with Gasteiger partial charge in [0.2, 0.25) is 0 Å². The van der Waals surface area contributed by atoms with Gasteiger partial charge in [-0.25, -0.2) is 4.68 Å². The third-order valence-electron chi connectivity index (χ3n) is 1.69. The van der Waals surface area contributed by atoms with Crippen LogP contribution in [0.1, 0.15) is 24.6 Å². The van der Waals surface area contributed by atoms with Crippen LogP contribution in [0.4, 0.5) is 0 Å². The van der Waals surface area contributed by atoms with E-state index in [1.54, 1.807) is 0 Å². The molecule has 4 nitrogen and oxygen atoms in total. The van der Waals surface area contributed by atoms with Crippen molar-refractivity contribution in [1.82, 2.24) is 15.0 Å². The maximum Gasteiger partial charge on any atom is 0.0962 e. The summed E-state index contributed by atoms with van der Waals surface area (Å²) < 4.78 is 1.90. The van der Waals surface area contributed by atoms with Crippen LogP contribution in [0, 0.1) is 0 Å². The van der Waals surface area contributed by atoms with Gasteiger partial charge in [-0.05, 0) is 12.8 Å². The Bertz CT molecular complexity index is 225. The monoisotopic (exact) mass is 138 g/mol. The van der Waals surface area contributed by atoms with Gasteiger partial charge in [0.1, 0.15) is 0 Å². The Morgan fingerprint density at radius 1 is 1.70 bits per heavy atom. The van der Waals surface area contributed by atoms with Crippen LogP contribution in [0.15, 0.2) is 6.20 Å². The molecule has 1 heterocycles. The van der Waals surface area contributed by atoms with Gasteiger partial charge in [0.25, 0.3) is 0 Å². The minimum absolute atomic E-state index is 0.493. The highest BCUT2D eigenvalue weighted by atomic mass is 15.4. The van der Waals surface area contributed by atoms with Crippen molar-refractivity contribution >= 4 is 0 Å². The maximum atomic E-state index is 5.37. The Labute approximate surface area is 59.0 Å². The lowest BCUT2D eigenvalue weighted by molar-refractivity contribution is 0.610. The normalized spacial score (nSPS) is 17.7. The molecule has 54 valence electrons. The second kappa shape index (κ2) is 2.05. The van der Waals surface area contributed by atoms with Gasteiger partial charge in [0, 0.05) is 6.54 Å². The second-order valence-electron chi connectivity index (χ2n) is 2.63. The lowest BCUT2D eigenvalue weighted by Gasteiger charge is -1.89. The van der Waals surface area contributed by atoms with Crippen LogP contribution in [-0.4, -0.2) is 15.0 Å². The smallest absolute Gasteiger partial charge is 0.0962 e. The van der Waals surface area contributed by atoms with Gasteiger partial charge < -0.3 is 5.73 Å². The molecule has 2 N–H and O–H groups in total. The molecule has 1 fully saturated rings. The molecule has 1 aliphatic rings. The Morgan fingerprint density at radius 3 is 3.00 bits per heavy atom. The van der Waals surface area contributed by atoms with Crippen LogP contribution in [0.2, 0.25) is 0 Å². The molecule has 1 aromatic heterocycles. The number of hydrogen-bond acceptors (Lipinski definition) is 3. The second-order valence-corrected chi connectivity index (χ2v) is 2.63. The van der Waals surface area contributed by atoms with Gasteiger partial charge in [-0.2, -0.15) is 0 Å². The van der Waals surface area contributed by atoms with Crippen molar-refractivity contribution in [1.29, 1.82) is 0 Å². The zero-order valence-electron chi connectivity index (χ0n) is 5.70. The lowest BCUT2D eigenvalue weighted by atomic mass is 10.5. The van der Waals surface area contributed by atoms with Crippen molar-refractivity contribution in [3.8, 4) is 0 Å². The maximum absolute atomic E-state index is 5.37. The summed E-state index contributed by atoms with van der Waals surface area (Å²) in [5.41, 5.74) is 6.25. The van der Waals surface area contributed by atoms with Crippen molar-refractivity contribution < 1.29 is 0 Å². The average molecular weight is 138 g/mol. The van der Waals surface area contributed by atoms with Crippen LogP contribution in [-0.2, 0) is 6.54 Å². The van der Waals surface area contributed by atoms with E-state index in [9.17, 15) is 0 Å². The first-order valence-corrected chi connectivity index (χ1v) is 3.51. The molecule has 0 radical (unpaired) electrons. The zero-order chi connectivity index (χ0) is 6.97. The summed E-state index contributed by atoms with van der Waals surface area (Å²) in [5, 5.41) is 7.82. The predicted molar refractivity (Wildman–Crippen MR) is 36.2 cm³/mol. The SMILES string of the molecule is NCc1cn(C2CC2)nn1. The van der Waals surface area contributed by atoms with Crippen LogP contribution in [0.5, 0.6) is 0 Å². The molecule has 1 aliphatic carbocycles. The number of rotatable bonds is 2. The van der Waals surface area contributed by atoms with E-state index in [-0.39, 0.29) is 0 Å². The molecule has 0 unspecified atom stereocenters. The van der Waals surface area contributed by atoms with E-state index < -0.39 is 0 Å². The summed E-state index contributed by atoms with van der Waals surface area (Å²) in [6, 6.07) is 0.618. The summed E-state index contributed by atoms with van der Waals surface area (Å²) in [6.45, 7) is 0.493. The molecule has 0 bridgehead atoms. The van der Waals surface area contributed by atoms with Crippen molar-refractivity contribution in [2.45, 2.75) is 25.4 Å². The molecule has 1 saturated carbocycles.